The molecule has 0 N–H and O–H groups in total. The first kappa shape index (κ1) is 19.6. The zero-order valence-electron chi connectivity index (χ0n) is 16.0. The van der Waals surface area contributed by atoms with Crippen LogP contribution in [0, 0.1) is 17.6 Å². The normalized spacial score (nSPS) is 23.5. The number of rotatable bonds is 4. The second kappa shape index (κ2) is 8.31. The number of carbonyl (C=O) groups excluding carboxylic acids is 2. The van der Waals surface area contributed by atoms with Crippen molar-refractivity contribution in [1.82, 2.24) is 4.90 Å². The summed E-state index contributed by atoms with van der Waals surface area (Å²) in [5.41, 5.74) is 0.714. The van der Waals surface area contributed by atoms with E-state index in [-0.39, 0.29) is 36.1 Å². The molecule has 1 amide bonds. The van der Waals surface area contributed by atoms with E-state index in [9.17, 15) is 18.4 Å². The van der Waals surface area contributed by atoms with Gasteiger partial charge in [0.1, 0.15) is 6.61 Å². The molecular weight excluding hydrogens is 376 g/mol. The third-order valence-electron chi connectivity index (χ3n) is 5.98. The number of nitrogens with zero attached hydrogens (tertiary/aromatic N) is 1. The lowest BCUT2D eigenvalue weighted by Gasteiger charge is -2.47. The highest BCUT2D eigenvalue weighted by molar-refractivity contribution is 5.98. The maximum absolute atomic E-state index is 14.1. The average molecular weight is 399 g/mol. The fourth-order valence-electron chi connectivity index (χ4n) is 4.60. The number of ketones is 1. The zero-order valence-corrected chi connectivity index (χ0v) is 16.0. The summed E-state index contributed by atoms with van der Waals surface area (Å²) in [6.45, 7) is 0.201. The molecule has 0 aromatic heterocycles. The van der Waals surface area contributed by atoms with Crippen molar-refractivity contribution < 1.29 is 23.1 Å². The maximum atomic E-state index is 14.1. The molecule has 0 radical (unpaired) electrons. The Hall–Kier alpha value is -2.76. The minimum atomic E-state index is -1.09. The predicted octanol–water partition coefficient (Wildman–Crippen LogP) is 5.12. The largest absolute Gasteiger partial charge is 0.445 e. The number of carbonyl (C=O) groups is 2. The first-order chi connectivity index (χ1) is 14.0. The smallest absolute Gasteiger partial charge is 0.410 e. The molecule has 4 nitrogen and oxygen atoms in total. The minimum absolute atomic E-state index is 0.114. The van der Waals surface area contributed by atoms with E-state index in [1.807, 2.05) is 30.3 Å². The van der Waals surface area contributed by atoms with Crippen LogP contribution in [0.4, 0.5) is 13.6 Å². The van der Waals surface area contributed by atoms with Gasteiger partial charge in [0.05, 0.1) is 5.56 Å². The van der Waals surface area contributed by atoms with Crippen LogP contribution in [0.15, 0.2) is 48.5 Å². The molecule has 2 heterocycles. The highest BCUT2D eigenvalue weighted by Crippen LogP contribution is 2.39. The Kier molecular flexibility index (Phi) is 5.60. The fourth-order valence-corrected chi connectivity index (χ4v) is 4.60. The number of hydrogen-bond donors (Lipinski definition) is 0. The van der Waals surface area contributed by atoms with E-state index >= 15 is 0 Å². The molecule has 0 aliphatic carbocycles. The third-order valence-corrected chi connectivity index (χ3v) is 5.98. The van der Waals surface area contributed by atoms with Gasteiger partial charge in [-0.05, 0) is 49.8 Å². The standard InChI is InChI=1S/C23H23F2NO3/c24-20-11-5-10-19(21(20)25)22(27)16-12-17-8-4-9-18(13-16)26(17)23(28)29-14-15-6-2-1-3-7-15/h1-3,5-7,10-11,16-18H,4,8-9,12-14H2. The topological polar surface area (TPSA) is 46.6 Å². The predicted molar refractivity (Wildman–Crippen MR) is 103 cm³/mol. The Morgan fingerprint density at radius 3 is 2.34 bits per heavy atom. The van der Waals surface area contributed by atoms with Crippen molar-refractivity contribution >= 4 is 11.9 Å². The van der Waals surface area contributed by atoms with Crippen molar-refractivity contribution in [1.29, 1.82) is 0 Å². The van der Waals surface area contributed by atoms with Crippen LogP contribution in [0.3, 0.4) is 0 Å². The molecule has 4 rings (SSSR count). The van der Waals surface area contributed by atoms with Crippen LogP contribution in [0.25, 0.3) is 0 Å². The number of Topliss-reactive ketones (excluding diaryl/α,β-unsaturated/α-hetero) is 1. The van der Waals surface area contributed by atoms with Crippen molar-refractivity contribution in [2.75, 3.05) is 0 Å². The van der Waals surface area contributed by atoms with E-state index in [1.54, 1.807) is 4.90 Å². The van der Waals surface area contributed by atoms with E-state index < -0.39 is 17.6 Å². The summed E-state index contributed by atoms with van der Waals surface area (Å²) in [5.74, 6) is -2.90. The van der Waals surface area contributed by atoms with Gasteiger partial charge in [0.15, 0.2) is 17.4 Å². The van der Waals surface area contributed by atoms with Gasteiger partial charge in [-0.1, -0.05) is 36.4 Å². The van der Waals surface area contributed by atoms with E-state index in [4.69, 9.17) is 4.74 Å². The second-order valence-corrected chi connectivity index (χ2v) is 7.82. The Labute approximate surface area is 168 Å². The molecule has 2 unspecified atom stereocenters. The Bertz CT molecular complexity index is 888. The molecule has 2 aromatic rings. The first-order valence-corrected chi connectivity index (χ1v) is 10.0. The molecule has 0 spiro atoms. The molecule has 2 bridgehead atoms. The number of amides is 1. The molecule has 152 valence electrons. The molecule has 2 saturated heterocycles. The Morgan fingerprint density at radius 2 is 1.66 bits per heavy atom. The SMILES string of the molecule is O=C(c1cccc(F)c1F)C1CC2CCCC(C1)N2C(=O)OCc1ccccc1. The van der Waals surface area contributed by atoms with E-state index in [2.05, 4.69) is 0 Å². The van der Waals surface area contributed by atoms with Gasteiger partial charge in [-0.3, -0.25) is 4.79 Å². The van der Waals surface area contributed by atoms with Gasteiger partial charge in [-0.25, -0.2) is 13.6 Å². The van der Waals surface area contributed by atoms with Crippen LogP contribution >= 0.6 is 0 Å². The summed E-state index contributed by atoms with van der Waals surface area (Å²) < 4.78 is 33.1. The summed E-state index contributed by atoms with van der Waals surface area (Å²) in [6, 6.07) is 12.9. The van der Waals surface area contributed by atoms with Crippen molar-refractivity contribution in [3.63, 3.8) is 0 Å². The molecule has 2 aliphatic heterocycles. The quantitative estimate of drug-likeness (QED) is 0.671. The lowest BCUT2D eigenvalue weighted by atomic mass is 9.76. The number of halogens is 2. The van der Waals surface area contributed by atoms with Crippen LogP contribution in [-0.4, -0.2) is 28.9 Å². The van der Waals surface area contributed by atoms with Crippen LogP contribution in [0.1, 0.15) is 48.0 Å². The van der Waals surface area contributed by atoms with Gasteiger partial charge >= 0.3 is 6.09 Å². The number of piperidine rings is 2. The van der Waals surface area contributed by atoms with Gasteiger partial charge < -0.3 is 9.64 Å². The van der Waals surface area contributed by atoms with Crippen molar-refractivity contribution in [3.8, 4) is 0 Å². The summed E-state index contributed by atoms with van der Waals surface area (Å²) in [5, 5.41) is 0. The van der Waals surface area contributed by atoms with Gasteiger partial charge in [0.25, 0.3) is 0 Å². The van der Waals surface area contributed by atoms with Gasteiger partial charge in [-0.15, -0.1) is 0 Å². The lowest BCUT2D eigenvalue weighted by Crippen LogP contribution is -2.55. The van der Waals surface area contributed by atoms with Gasteiger partial charge in [0, 0.05) is 18.0 Å². The fraction of sp³-hybridized carbons (Fsp3) is 0.391. The Morgan fingerprint density at radius 1 is 0.966 bits per heavy atom. The molecule has 2 fully saturated rings. The Balaban J connectivity index is 1.45. The van der Waals surface area contributed by atoms with Crippen LogP contribution < -0.4 is 0 Å². The molecule has 6 heteroatoms. The van der Waals surface area contributed by atoms with Gasteiger partial charge in [0.2, 0.25) is 0 Å². The number of hydrogen-bond acceptors (Lipinski definition) is 3. The lowest BCUT2D eigenvalue weighted by molar-refractivity contribution is 0.00463. The summed E-state index contributed by atoms with van der Waals surface area (Å²) in [7, 11) is 0. The molecule has 0 saturated carbocycles. The minimum Gasteiger partial charge on any atom is -0.445 e. The van der Waals surface area contributed by atoms with Crippen LogP contribution in [0.2, 0.25) is 0 Å². The number of fused-ring (bicyclic) bond motifs is 2. The zero-order chi connectivity index (χ0) is 20.4. The summed E-state index contributed by atoms with van der Waals surface area (Å²) in [4.78, 5) is 27.4. The number of benzene rings is 2. The summed E-state index contributed by atoms with van der Waals surface area (Å²) >= 11 is 0. The van der Waals surface area contributed by atoms with Crippen molar-refractivity contribution in [2.45, 2.75) is 50.8 Å². The van der Waals surface area contributed by atoms with Crippen molar-refractivity contribution in [3.05, 3.63) is 71.3 Å². The average Bonchev–Trinajstić information content (AvgIpc) is 2.73. The van der Waals surface area contributed by atoms with Crippen LogP contribution in [0.5, 0.6) is 0 Å². The molecular formula is C23H23F2NO3. The molecule has 2 aromatic carbocycles. The van der Waals surface area contributed by atoms with Crippen molar-refractivity contribution in [2.24, 2.45) is 5.92 Å². The van der Waals surface area contributed by atoms with E-state index in [0.717, 1.165) is 30.9 Å². The number of ether oxygens (including phenoxy) is 1. The highest BCUT2D eigenvalue weighted by atomic mass is 19.2. The third kappa shape index (κ3) is 4.02. The second-order valence-electron chi connectivity index (χ2n) is 7.82. The molecule has 29 heavy (non-hydrogen) atoms. The maximum Gasteiger partial charge on any atom is 0.410 e. The first-order valence-electron chi connectivity index (χ1n) is 10.0. The van der Waals surface area contributed by atoms with E-state index in [0.29, 0.717) is 12.8 Å². The van der Waals surface area contributed by atoms with Crippen LogP contribution in [-0.2, 0) is 11.3 Å². The monoisotopic (exact) mass is 399 g/mol. The van der Waals surface area contributed by atoms with E-state index in [1.165, 1.54) is 12.1 Å². The van der Waals surface area contributed by atoms with Gasteiger partial charge in [-0.2, -0.15) is 0 Å². The molecule has 2 aliphatic rings. The highest BCUT2D eigenvalue weighted by Gasteiger charge is 2.44. The summed E-state index contributed by atoms with van der Waals surface area (Å²) in [6.07, 6.45) is 3.08. The molecule has 2 atom stereocenters.